The summed E-state index contributed by atoms with van der Waals surface area (Å²) >= 11 is 0. The van der Waals surface area contributed by atoms with Crippen LogP contribution in [0.2, 0.25) is 0 Å². The minimum atomic E-state index is -4.01. The number of nitrogens with zero attached hydrogens (tertiary/aromatic N) is 2. The highest BCUT2D eigenvalue weighted by Gasteiger charge is 2.29. The van der Waals surface area contributed by atoms with E-state index in [0.29, 0.717) is 11.4 Å². The Balaban J connectivity index is 1.95. The summed E-state index contributed by atoms with van der Waals surface area (Å²) < 4.78 is 33.5. The van der Waals surface area contributed by atoms with Crippen LogP contribution >= 0.6 is 0 Å². The van der Waals surface area contributed by atoms with Crippen molar-refractivity contribution in [1.82, 2.24) is 5.43 Å². The largest absolute Gasteiger partial charge is 0.495 e. The van der Waals surface area contributed by atoms with Crippen LogP contribution in [0, 0.1) is 13.8 Å². The summed E-state index contributed by atoms with van der Waals surface area (Å²) in [5.74, 6) is -0.134. The molecule has 0 unspecified atom stereocenters. The van der Waals surface area contributed by atoms with Gasteiger partial charge in [-0.15, -0.1) is 0 Å². The summed E-state index contributed by atoms with van der Waals surface area (Å²) in [5.41, 5.74) is 5.59. The van der Waals surface area contributed by atoms with Gasteiger partial charge in [0.05, 0.1) is 17.7 Å². The van der Waals surface area contributed by atoms with Crippen LogP contribution in [0.15, 0.2) is 52.5 Å². The molecule has 3 rings (SSSR count). The lowest BCUT2D eigenvalue weighted by molar-refractivity contribution is -0.119. The predicted octanol–water partition coefficient (Wildman–Crippen LogP) is 3.94. The number of hydrogen-bond donors (Lipinski definition) is 1. The van der Waals surface area contributed by atoms with E-state index in [1.54, 1.807) is 36.4 Å². The van der Waals surface area contributed by atoms with Gasteiger partial charge in [0.1, 0.15) is 12.3 Å². The maximum atomic E-state index is 13.5. The fraction of sp³-hybridized carbons (Fsp3) is 0.391. The van der Waals surface area contributed by atoms with E-state index in [-0.39, 0.29) is 4.90 Å². The Hall–Kier alpha value is -2.87. The van der Waals surface area contributed by atoms with E-state index >= 15 is 0 Å². The van der Waals surface area contributed by atoms with Gasteiger partial charge in [-0.3, -0.25) is 9.10 Å². The molecule has 1 saturated carbocycles. The summed E-state index contributed by atoms with van der Waals surface area (Å²) in [5, 5.41) is 4.22. The minimum Gasteiger partial charge on any atom is -0.495 e. The molecule has 0 atom stereocenters. The van der Waals surface area contributed by atoms with Crippen LogP contribution in [0.1, 0.15) is 43.2 Å². The van der Waals surface area contributed by atoms with Crippen molar-refractivity contribution >= 4 is 27.3 Å². The summed E-state index contributed by atoms with van der Waals surface area (Å²) in [6.07, 6.45) is 5.00. The number of hydrazone groups is 1. The van der Waals surface area contributed by atoms with Crippen molar-refractivity contribution in [1.29, 1.82) is 0 Å². The molecule has 0 aliphatic heterocycles. The molecule has 166 valence electrons. The molecular formula is C23H29N3O4S. The highest BCUT2D eigenvalue weighted by Crippen LogP contribution is 2.33. The average molecular weight is 444 g/mol. The van der Waals surface area contributed by atoms with Gasteiger partial charge in [0, 0.05) is 5.71 Å². The van der Waals surface area contributed by atoms with Gasteiger partial charge in [0.25, 0.3) is 15.9 Å². The van der Waals surface area contributed by atoms with Crippen molar-refractivity contribution in [3.63, 3.8) is 0 Å². The smallest absolute Gasteiger partial charge is 0.264 e. The van der Waals surface area contributed by atoms with Gasteiger partial charge >= 0.3 is 0 Å². The van der Waals surface area contributed by atoms with E-state index in [4.69, 9.17) is 4.74 Å². The molecule has 1 N–H and O–H groups in total. The fourth-order valence-corrected chi connectivity index (χ4v) is 4.93. The Morgan fingerprint density at radius 2 is 1.68 bits per heavy atom. The first-order valence-corrected chi connectivity index (χ1v) is 11.8. The number of aryl methyl sites for hydroxylation is 2. The molecule has 0 saturated heterocycles. The molecule has 7 nitrogen and oxygen atoms in total. The predicted molar refractivity (Wildman–Crippen MR) is 122 cm³/mol. The first-order valence-electron chi connectivity index (χ1n) is 10.4. The van der Waals surface area contributed by atoms with Crippen LogP contribution < -0.4 is 14.5 Å². The fourth-order valence-electron chi connectivity index (χ4n) is 3.51. The number of amides is 1. The van der Waals surface area contributed by atoms with Crippen molar-refractivity contribution in [2.45, 2.75) is 50.8 Å². The lowest BCUT2D eigenvalue weighted by Crippen LogP contribution is -2.40. The Kier molecular flexibility index (Phi) is 7.33. The van der Waals surface area contributed by atoms with Gasteiger partial charge in [-0.2, -0.15) is 5.10 Å². The lowest BCUT2D eigenvalue weighted by Gasteiger charge is -2.26. The van der Waals surface area contributed by atoms with Crippen LogP contribution in [0.4, 0.5) is 5.69 Å². The second-order valence-electron chi connectivity index (χ2n) is 7.77. The van der Waals surface area contributed by atoms with Gasteiger partial charge < -0.3 is 4.74 Å². The zero-order valence-corrected chi connectivity index (χ0v) is 19.0. The third kappa shape index (κ3) is 5.64. The first-order chi connectivity index (χ1) is 14.8. The van der Waals surface area contributed by atoms with E-state index in [9.17, 15) is 13.2 Å². The van der Waals surface area contributed by atoms with Gasteiger partial charge in [0.2, 0.25) is 0 Å². The standard InChI is InChI=1S/C23H29N3O4S/c1-17-9-12-20(13-10-17)31(28,29)26(21-15-18(2)11-14-22(21)30-3)16-23(27)25-24-19-7-5-4-6-8-19/h9-15H,4-8,16H2,1-3H3,(H,25,27). The number of nitrogens with one attached hydrogen (secondary N) is 1. The number of carbonyl (C=O) groups is 1. The number of rotatable bonds is 7. The second kappa shape index (κ2) is 9.96. The molecule has 1 aliphatic carbocycles. The van der Waals surface area contributed by atoms with Gasteiger partial charge in [0.15, 0.2) is 0 Å². The van der Waals surface area contributed by atoms with Gasteiger partial charge in [-0.25, -0.2) is 13.8 Å². The molecule has 0 heterocycles. The lowest BCUT2D eigenvalue weighted by atomic mass is 9.99. The molecule has 0 spiro atoms. The molecule has 2 aromatic rings. The number of carbonyl (C=O) groups excluding carboxylic acids is 1. The van der Waals surface area contributed by atoms with Gasteiger partial charge in [-0.1, -0.05) is 30.2 Å². The molecule has 1 amide bonds. The maximum absolute atomic E-state index is 13.5. The van der Waals surface area contributed by atoms with E-state index in [1.165, 1.54) is 13.5 Å². The average Bonchev–Trinajstić information content (AvgIpc) is 2.77. The van der Waals surface area contributed by atoms with Crippen LogP contribution in [0.3, 0.4) is 0 Å². The van der Waals surface area contributed by atoms with E-state index in [0.717, 1.165) is 46.8 Å². The molecule has 2 aromatic carbocycles. The monoisotopic (exact) mass is 443 g/mol. The second-order valence-corrected chi connectivity index (χ2v) is 9.64. The summed E-state index contributed by atoms with van der Waals surface area (Å²) in [6, 6.07) is 11.8. The van der Waals surface area contributed by atoms with E-state index in [1.807, 2.05) is 19.9 Å². The van der Waals surface area contributed by atoms with E-state index < -0.39 is 22.5 Å². The summed E-state index contributed by atoms with van der Waals surface area (Å²) in [6.45, 7) is 3.33. The molecule has 0 aromatic heterocycles. The third-order valence-electron chi connectivity index (χ3n) is 5.27. The molecular weight excluding hydrogens is 414 g/mol. The maximum Gasteiger partial charge on any atom is 0.264 e. The number of sulfonamides is 1. The van der Waals surface area contributed by atoms with E-state index in [2.05, 4.69) is 10.5 Å². The summed E-state index contributed by atoms with van der Waals surface area (Å²) in [4.78, 5) is 12.8. The van der Waals surface area contributed by atoms with Crippen molar-refractivity contribution in [3.05, 3.63) is 53.6 Å². The normalized spacial score (nSPS) is 14.1. The van der Waals surface area contributed by atoms with Crippen LogP contribution in [-0.4, -0.2) is 33.7 Å². The Labute approximate surface area is 184 Å². The minimum absolute atomic E-state index is 0.105. The van der Waals surface area contributed by atoms with Crippen molar-refractivity contribution < 1.29 is 17.9 Å². The quantitative estimate of drug-likeness (QED) is 0.657. The molecule has 1 aliphatic rings. The number of hydrogen-bond acceptors (Lipinski definition) is 5. The zero-order valence-electron chi connectivity index (χ0n) is 18.2. The highest BCUT2D eigenvalue weighted by atomic mass is 32.2. The van der Waals surface area contributed by atoms with Crippen LogP contribution in [0.25, 0.3) is 0 Å². The van der Waals surface area contributed by atoms with Crippen molar-refractivity contribution in [2.24, 2.45) is 5.10 Å². The number of anilines is 1. The highest BCUT2D eigenvalue weighted by molar-refractivity contribution is 7.92. The number of methoxy groups -OCH3 is 1. The Bertz CT molecular complexity index is 1050. The molecule has 0 bridgehead atoms. The molecule has 0 radical (unpaired) electrons. The molecule has 1 fully saturated rings. The summed E-state index contributed by atoms with van der Waals surface area (Å²) in [7, 11) is -2.54. The first kappa shape index (κ1) is 22.8. The topological polar surface area (TPSA) is 88.1 Å². The van der Waals surface area contributed by atoms with Gasteiger partial charge in [-0.05, 0) is 69.4 Å². The Morgan fingerprint density at radius 1 is 1.03 bits per heavy atom. The Morgan fingerprint density at radius 3 is 2.32 bits per heavy atom. The van der Waals surface area contributed by atoms with Crippen molar-refractivity contribution in [3.8, 4) is 5.75 Å². The van der Waals surface area contributed by atoms with Crippen LogP contribution in [-0.2, 0) is 14.8 Å². The van der Waals surface area contributed by atoms with Crippen LogP contribution in [0.5, 0.6) is 5.75 Å². The number of benzene rings is 2. The SMILES string of the molecule is COc1ccc(C)cc1N(CC(=O)NN=C1CCCCC1)S(=O)(=O)c1ccc(C)cc1. The van der Waals surface area contributed by atoms with Crippen molar-refractivity contribution in [2.75, 3.05) is 18.0 Å². The third-order valence-corrected chi connectivity index (χ3v) is 7.04. The zero-order chi connectivity index (χ0) is 22.4. The number of ether oxygens (including phenoxy) is 1. The molecule has 8 heteroatoms. The molecule has 31 heavy (non-hydrogen) atoms.